The standard InChI is InChI=1S/C30H39N7O/c1-20-11-13-22(14-12-20)18-37-27-28(32-21(2)23-9-6-10-23)33-26(17-31)34-29(27)35-30(37)36-15-16-38-19-25(36)24-7-4-3-5-8-24/h3-5,7-8,20-23,25H,6,9-16,18-19H2,1-2H3,(H,32,33,34)/t20?,21-,22?,25+/m1/s1. The maximum absolute atomic E-state index is 9.76. The highest BCUT2D eigenvalue weighted by Gasteiger charge is 2.33. The number of hydrogen-bond donors (Lipinski definition) is 1. The molecule has 0 bridgehead atoms. The first-order chi connectivity index (χ1) is 18.6. The Hall–Kier alpha value is -3.18. The van der Waals surface area contributed by atoms with Gasteiger partial charge in [0.25, 0.3) is 0 Å². The molecule has 2 aliphatic carbocycles. The lowest BCUT2D eigenvalue weighted by Crippen LogP contribution is -2.41. The monoisotopic (exact) mass is 513 g/mol. The fraction of sp³-hybridized carbons (Fsp3) is 0.600. The van der Waals surface area contributed by atoms with Gasteiger partial charge in [-0.1, -0.05) is 56.5 Å². The number of aromatic nitrogens is 4. The Labute approximate surface area is 225 Å². The van der Waals surface area contributed by atoms with E-state index in [4.69, 9.17) is 14.7 Å². The molecule has 0 radical (unpaired) electrons. The van der Waals surface area contributed by atoms with Gasteiger partial charge in [0.2, 0.25) is 11.8 Å². The normalized spacial score (nSPS) is 25.1. The highest BCUT2D eigenvalue weighted by Crippen LogP contribution is 2.38. The number of imidazole rings is 1. The predicted molar refractivity (Wildman–Crippen MR) is 149 cm³/mol. The highest BCUT2D eigenvalue weighted by atomic mass is 16.5. The van der Waals surface area contributed by atoms with Crippen LogP contribution >= 0.6 is 0 Å². The number of nitrogens with one attached hydrogen (secondary N) is 1. The number of rotatable bonds is 7. The van der Waals surface area contributed by atoms with Crippen molar-refractivity contribution >= 4 is 22.9 Å². The molecule has 3 heterocycles. The molecule has 2 atom stereocenters. The fourth-order valence-corrected chi connectivity index (χ4v) is 6.41. The summed E-state index contributed by atoms with van der Waals surface area (Å²) >= 11 is 0. The molecule has 8 heteroatoms. The van der Waals surface area contributed by atoms with Crippen molar-refractivity contribution in [1.29, 1.82) is 5.26 Å². The lowest BCUT2D eigenvalue weighted by molar-refractivity contribution is 0.0927. The van der Waals surface area contributed by atoms with Crippen LogP contribution in [-0.2, 0) is 11.3 Å². The second kappa shape index (κ2) is 10.9. The third-order valence-corrected chi connectivity index (χ3v) is 9.05. The average molecular weight is 514 g/mol. The first kappa shape index (κ1) is 25.1. The highest BCUT2D eigenvalue weighted by molar-refractivity contribution is 5.86. The van der Waals surface area contributed by atoms with Gasteiger partial charge >= 0.3 is 0 Å². The maximum atomic E-state index is 9.76. The minimum Gasteiger partial charge on any atom is -0.377 e. The van der Waals surface area contributed by atoms with E-state index in [0.717, 1.165) is 36.3 Å². The van der Waals surface area contributed by atoms with E-state index in [1.807, 2.05) is 0 Å². The van der Waals surface area contributed by atoms with E-state index in [-0.39, 0.29) is 17.9 Å². The lowest BCUT2D eigenvalue weighted by atomic mass is 9.80. The molecule has 2 aromatic heterocycles. The van der Waals surface area contributed by atoms with Gasteiger partial charge in [-0.3, -0.25) is 0 Å². The molecule has 0 spiro atoms. The molecule has 200 valence electrons. The summed E-state index contributed by atoms with van der Waals surface area (Å²) in [7, 11) is 0. The summed E-state index contributed by atoms with van der Waals surface area (Å²) in [6.45, 7) is 7.53. The predicted octanol–water partition coefficient (Wildman–Crippen LogP) is 5.70. The van der Waals surface area contributed by atoms with Crippen LogP contribution in [-0.4, -0.2) is 45.3 Å². The molecule has 2 saturated carbocycles. The third-order valence-electron chi connectivity index (χ3n) is 9.05. The van der Waals surface area contributed by atoms with Crippen molar-refractivity contribution in [2.24, 2.45) is 17.8 Å². The summed E-state index contributed by atoms with van der Waals surface area (Å²) in [6, 6.07) is 13.1. The molecule has 8 nitrogen and oxygen atoms in total. The van der Waals surface area contributed by atoms with Crippen molar-refractivity contribution in [3.63, 3.8) is 0 Å². The largest absolute Gasteiger partial charge is 0.377 e. The van der Waals surface area contributed by atoms with Crippen LogP contribution in [0.5, 0.6) is 0 Å². The van der Waals surface area contributed by atoms with Gasteiger partial charge in [-0.05, 0) is 55.9 Å². The van der Waals surface area contributed by atoms with Gasteiger partial charge in [-0.25, -0.2) is 0 Å². The molecule has 3 fully saturated rings. The van der Waals surface area contributed by atoms with E-state index in [0.29, 0.717) is 30.7 Å². The topological polar surface area (TPSA) is 91.9 Å². The molecule has 3 aromatic rings. The number of anilines is 2. The Morgan fingerprint density at radius 1 is 1.08 bits per heavy atom. The van der Waals surface area contributed by atoms with E-state index >= 15 is 0 Å². The second-order valence-electron chi connectivity index (χ2n) is 11.6. The van der Waals surface area contributed by atoms with Crippen LogP contribution in [0.1, 0.15) is 76.2 Å². The molecule has 0 amide bonds. The molecule has 1 aromatic carbocycles. The molecule has 1 aliphatic heterocycles. The summed E-state index contributed by atoms with van der Waals surface area (Å²) in [5.41, 5.74) is 2.76. The molecule has 38 heavy (non-hydrogen) atoms. The second-order valence-corrected chi connectivity index (χ2v) is 11.6. The Balaban J connectivity index is 1.46. The number of fused-ring (bicyclic) bond motifs is 1. The Bertz CT molecular complexity index is 1290. The van der Waals surface area contributed by atoms with Crippen LogP contribution in [0.3, 0.4) is 0 Å². The Morgan fingerprint density at radius 3 is 2.58 bits per heavy atom. The minimum absolute atomic E-state index is 0.0700. The summed E-state index contributed by atoms with van der Waals surface area (Å²) in [4.78, 5) is 16.9. The Morgan fingerprint density at radius 2 is 1.87 bits per heavy atom. The van der Waals surface area contributed by atoms with Gasteiger partial charge in [-0.15, -0.1) is 0 Å². The molecule has 0 unspecified atom stereocenters. The first-order valence-electron chi connectivity index (χ1n) is 14.4. The molecule has 1 N–H and O–H groups in total. The van der Waals surface area contributed by atoms with Gasteiger partial charge in [0.1, 0.15) is 11.6 Å². The van der Waals surface area contributed by atoms with Crippen molar-refractivity contribution in [3.05, 3.63) is 41.7 Å². The van der Waals surface area contributed by atoms with Gasteiger partial charge in [-0.2, -0.15) is 20.2 Å². The molecule has 1 saturated heterocycles. The zero-order valence-electron chi connectivity index (χ0n) is 22.6. The number of nitrogens with zero attached hydrogens (tertiary/aromatic N) is 6. The van der Waals surface area contributed by atoms with Crippen molar-refractivity contribution in [2.75, 3.05) is 30.0 Å². The van der Waals surface area contributed by atoms with Crippen LogP contribution in [0.2, 0.25) is 0 Å². The minimum atomic E-state index is 0.0700. The summed E-state index contributed by atoms with van der Waals surface area (Å²) in [5, 5.41) is 13.5. The van der Waals surface area contributed by atoms with Gasteiger partial charge in [0, 0.05) is 19.1 Å². The number of morpholine rings is 1. The third kappa shape index (κ3) is 4.96. The van der Waals surface area contributed by atoms with E-state index in [1.54, 1.807) is 0 Å². The Kier molecular flexibility index (Phi) is 7.20. The SMILES string of the molecule is CC1CCC(Cn2c(N3CCOC[C@H]3c3ccccc3)nc3nc(C#N)nc(N[C@H](C)C4CCC4)c32)CC1. The molecule has 3 aliphatic rings. The smallest absolute Gasteiger partial charge is 0.236 e. The number of nitriles is 1. The van der Waals surface area contributed by atoms with E-state index in [2.05, 4.69) is 70.0 Å². The zero-order chi connectivity index (χ0) is 26.1. The quantitative estimate of drug-likeness (QED) is 0.433. The molecular weight excluding hydrogens is 474 g/mol. The summed E-state index contributed by atoms with van der Waals surface area (Å²) in [6.07, 6.45) is 8.77. The van der Waals surface area contributed by atoms with E-state index < -0.39 is 0 Å². The van der Waals surface area contributed by atoms with Crippen molar-refractivity contribution in [3.8, 4) is 6.07 Å². The van der Waals surface area contributed by atoms with Gasteiger partial charge in [0.05, 0.1) is 19.3 Å². The van der Waals surface area contributed by atoms with Crippen LogP contribution < -0.4 is 10.2 Å². The van der Waals surface area contributed by atoms with Crippen LogP contribution in [0, 0.1) is 29.1 Å². The van der Waals surface area contributed by atoms with Crippen molar-refractivity contribution in [1.82, 2.24) is 19.5 Å². The van der Waals surface area contributed by atoms with Crippen LogP contribution in [0.25, 0.3) is 11.2 Å². The lowest BCUT2D eigenvalue weighted by Gasteiger charge is -2.37. The summed E-state index contributed by atoms with van der Waals surface area (Å²) < 4.78 is 8.33. The van der Waals surface area contributed by atoms with Crippen LogP contribution in [0.15, 0.2) is 30.3 Å². The van der Waals surface area contributed by atoms with E-state index in [9.17, 15) is 5.26 Å². The first-order valence-corrected chi connectivity index (χ1v) is 14.4. The van der Waals surface area contributed by atoms with Crippen molar-refractivity contribution < 1.29 is 4.74 Å². The number of ether oxygens (including phenoxy) is 1. The van der Waals surface area contributed by atoms with Gasteiger partial charge in [0.15, 0.2) is 11.5 Å². The molecular formula is C30H39N7O. The summed E-state index contributed by atoms with van der Waals surface area (Å²) in [5.74, 6) is 3.87. The average Bonchev–Trinajstić information content (AvgIpc) is 3.27. The maximum Gasteiger partial charge on any atom is 0.236 e. The van der Waals surface area contributed by atoms with Crippen LogP contribution in [0.4, 0.5) is 11.8 Å². The fourth-order valence-electron chi connectivity index (χ4n) is 6.41. The zero-order valence-corrected chi connectivity index (χ0v) is 22.6. The van der Waals surface area contributed by atoms with E-state index in [1.165, 1.54) is 50.5 Å². The number of hydrogen-bond acceptors (Lipinski definition) is 7. The van der Waals surface area contributed by atoms with Crippen molar-refractivity contribution in [2.45, 2.75) is 77.4 Å². The number of benzene rings is 1. The molecule has 6 rings (SSSR count). The van der Waals surface area contributed by atoms with Gasteiger partial charge < -0.3 is 19.5 Å².